The van der Waals surface area contributed by atoms with Gasteiger partial charge in [-0.25, -0.2) is 27.2 Å². The summed E-state index contributed by atoms with van der Waals surface area (Å²) in [5, 5.41) is 0.972. The van der Waals surface area contributed by atoms with Crippen molar-refractivity contribution in [2.24, 2.45) is 5.92 Å². The van der Waals surface area contributed by atoms with E-state index in [0.29, 0.717) is 5.56 Å². The van der Waals surface area contributed by atoms with Crippen molar-refractivity contribution in [2.75, 3.05) is 23.5 Å². The molecule has 0 bridgehead atoms. The minimum Gasteiger partial charge on any atom is -0.356 e. The van der Waals surface area contributed by atoms with E-state index in [-0.39, 0.29) is 29.9 Å². The number of hydrogen-bond acceptors (Lipinski definition) is 5. The van der Waals surface area contributed by atoms with Crippen LogP contribution in [0.1, 0.15) is 44.6 Å². The van der Waals surface area contributed by atoms with Crippen LogP contribution in [-0.4, -0.2) is 48.0 Å². The highest BCUT2D eigenvalue weighted by molar-refractivity contribution is 7.91. The molecule has 1 fully saturated rings. The first kappa shape index (κ1) is 23.6. The highest BCUT2D eigenvalue weighted by Crippen LogP contribution is 2.33. The van der Waals surface area contributed by atoms with Crippen molar-refractivity contribution in [3.63, 3.8) is 0 Å². The van der Waals surface area contributed by atoms with Gasteiger partial charge in [0.1, 0.15) is 29.3 Å². The minimum atomic E-state index is -3.39. The van der Waals surface area contributed by atoms with Gasteiger partial charge in [-0.3, -0.25) is 0 Å². The molecule has 9 heteroatoms. The van der Waals surface area contributed by atoms with Crippen LogP contribution in [-0.2, 0) is 15.5 Å². The number of aromatic nitrogens is 3. The van der Waals surface area contributed by atoms with E-state index in [1.807, 2.05) is 19.3 Å². The molecule has 0 saturated heterocycles. The largest absolute Gasteiger partial charge is 0.356 e. The molecule has 1 saturated carbocycles. The zero-order valence-corrected chi connectivity index (χ0v) is 19.8. The Balaban J connectivity index is 1.30. The van der Waals surface area contributed by atoms with Gasteiger partial charge in [0.2, 0.25) is 0 Å². The number of benzene rings is 1. The van der Waals surface area contributed by atoms with Gasteiger partial charge in [0.25, 0.3) is 0 Å². The quantitative estimate of drug-likeness (QED) is 0.506. The molecule has 1 unspecified atom stereocenters. The maximum Gasteiger partial charge on any atom is 0.150 e. The van der Waals surface area contributed by atoms with Gasteiger partial charge < -0.3 is 9.88 Å². The third-order valence-corrected chi connectivity index (χ3v) is 8.65. The third-order valence-electron chi connectivity index (χ3n) is 6.85. The second-order valence-electron chi connectivity index (χ2n) is 9.29. The lowest BCUT2D eigenvalue weighted by Gasteiger charge is -2.35. The van der Waals surface area contributed by atoms with Crippen molar-refractivity contribution in [3.8, 4) is 0 Å². The Morgan fingerprint density at radius 1 is 1.12 bits per heavy atom. The molecule has 6 nitrogen and oxygen atoms in total. The Labute approximate surface area is 193 Å². The second kappa shape index (κ2) is 9.37. The summed E-state index contributed by atoms with van der Waals surface area (Å²) in [5.74, 6) is 0.372. The molecule has 178 valence electrons. The average Bonchev–Trinajstić information content (AvgIpc) is 3.27. The fourth-order valence-corrected chi connectivity index (χ4v) is 6.66. The van der Waals surface area contributed by atoms with E-state index in [2.05, 4.69) is 19.9 Å². The summed E-state index contributed by atoms with van der Waals surface area (Å²) < 4.78 is 53.6. The maximum absolute atomic E-state index is 15.0. The van der Waals surface area contributed by atoms with E-state index < -0.39 is 21.3 Å². The van der Waals surface area contributed by atoms with E-state index in [0.717, 1.165) is 42.5 Å². The van der Waals surface area contributed by atoms with Crippen LogP contribution in [0.15, 0.2) is 42.9 Å². The number of halogens is 2. The van der Waals surface area contributed by atoms with E-state index >= 15 is 4.39 Å². The fraction of sp³-hybridized carbons (Fsp3) is 0.500. The standard InChI is InChI=1S/C24H30F2N4O2S/c1-24(26,18-5-7-19(25)8-6-18)12-14-33(31,32)15-17-3-9-20(10-4-17)30(2)23-21-11-13-27-22(21)28-16-29-23/h5-8,11,13,16-17,20H,3-4,9-10,12,14-15H2,1-2H3,(H,27,28,29). The molecule has 33 heavy (non-hydrogen) atoms. The highest BCUT2D eigenvalue weighted by atomic mass is 32.2. The second-order valence-corrected chi connectivity index (χ2v) is 11.5. The predicted molar refractivity (Wildman–Crippen MR) is 126 cm³/mol. The number of aromatic amines is 1. The highest BCUT2D eigenvalue weighted by Gasteiger charge is 2.32. The third kappa shape index (κ3) is 5.51. The van der Waals surface area contributed by atoms with Crippen LogP contribution in [0.5, 0.6) is 0 Å². The molecule has 2 aromatic heterocycles. The Kier molecular flexibility index (Phi) is 6.70. The van der Waals surface area contributed by atoms with Gasteiger partial charge in [0.15, 0.2) is 9.84 Å². The van der Waals surface area contributed by atoms with E-state index in [9.17, 15) is 12.8 Å². The van der Waals surface area contributed by atoms with Gasteiger partial charge in [-0.15, -0.1) is 0 Å². The SMILES string of the molecule is CN(c1ncnc2[nH]ccc12)C1CCC(CS(=O)(=O)CCC(C)(F)c2ccc(F)cc2)CC1. The number of alkyl halides is 1. The number of hydrogen-bond donors (Lipinski definition) is 1. The van der Waals surface area contributed by atoms with Crippen LogP contribution in [0.2, 0.25) is 0 Å². The topological polar surface area (TPSA) is 79.0 Å². The number of nitrogens with zero attached hydrogens (tertiary/aromatic N) is 3. The van der Waals surface area contributed by atoms with Crippen molar-refractivity contribution in [2.45, 2.75) is 50.7 Å². The molecule has 2 heterocycles. The van der Waals surface area contributed by atoms with Gasteiger partial charge in [-0.2, -0.15) is 0 Å². The Morgan fingerprint density at radius 3 is 2.52 bits per heavy atom. The van der Waals surface area contributed by atoms with Crippen LogP contribution >= 0.6 is 0 Å². The number of anilines is 1. The summed E-state index contributed by atoms with van der Waals surface area (Å²) in [6.07, 6.45) is 6.62. The van der Waals surface area contributed by atoms with E-state index in [1.54, 1.807) is 6.33 Å². The molecule has 1 aliphatic rings. The molecule has 1 atom stereocenters. The molecule has 0 radical (unpaired) electrons. The first-order valence-corrected chi connectivity index (χ1v) is 13.1. The van der Waals surface area contributed by atoms with Crippen molar-refractivity contribution < 1.29 is 17.2 Å². The van der Waals surface area contributed by atoms with Gasteiger partial charge >= 0.3 is 0 Å². The van der Waals surface area contributed by atoms with Crippen molar-refractivity contribution in [1.82, 2.24) is 15.0 Å². The van der Waals surface area contributed by atoms with Crippen LogP contribution in [0, 0.1) is 11.7 Å². The molecular formula is C24H30F2N4O2S. The summed E-state index contributed by atoms with van der Waals surface area (Å²) in [6, 6.07) is 7.38. The predicted octanol–water partition coefficient (Wildman–Crippen LogP) is 4.78. The maximum atomic E-state index is 15.0. The van der Waals surface area contributed by atoms with Crippen LogP contribution in [0.4, 0.5) is 14.6 Å². The Bertz CT molecular complexity index is 1190. The first-order chi connectivity index (χ1) is 15.6. The van der Waals surface area contributed by atoms with Crippen LogP contribution < -0.4 is 4.90 Å². The summed E-state index contributed by atoms with van der Waals surface area (Å²) in [6.45, 7) is 1.35. The number of H-pyrrole nitrogens is 1. The molecular weight excluding hydrogens is 446 g/mol. The number of sulfone groups is 1. The Morgan fingerprint density at radius 2 is 1.82 bits per heavy atom. The molecule has 0 amide bonds. The molecule has 3 aromatic rings. The summed E-state index contributed by atoms with van der Waals surface area (Å²) in [7, 11) is -1.37. The zero-order chi connectivity index (χ0) is 23.6. The normalized spacial score (nSPS) is 21.1. The van der Waals surface area contributed by atoms with Crippen molar-refractivity contribution >= 4 is 26.7 Å². The van der Waals surface area contributed by atoms with Gasteiger partial charge in [0, 0.05) is 19.3 Å². The molecule has 0 aliphatic heterocycles. The summed E-state index contributed by atoms with van der Waals surface area (Å²) in [4.78, 5) is 14.0. The lowest BCUT2D eigenvalue weighted by molar-refractivity contribution is 0.186. The Hall–Kier alpha value is -2.55. The zero-order valence-electron chi connectivity index (χ0n) is 19.0. The molecule has 0 spiro atoms. The van der Waals surface area contributed by atoms with E-state index in [1.165, 1.54) is 31.2 Å². The summed E-state index contributed by atoms with van der Waals surface area (Å²) >= 11 is 0. The number of rotatable bonds is 8. The molecule has 4 rings (SSSR count). The van der Waals surface area contributed by atoms with Crippen molar-refractivity contribution in [3.05, 3.63) is 54.2 Å². The van der Waals surface area contributed by atoms with Gasteiger partial charge in [-0.05, 0) is 68.7 Å². The number of nitrogens with one attached hydrogen (secondary N) is 1. The fourth-order valence-electron chi connectivity index (χ4n) is 4.74. The molecule has 1 aliphatic carbocycles. The summed E-state index contributed by atoms with van der Waals surface area (Å²) in [5.41, 5.74) is -0.724. The monoisotopic (exact) mass is 476 g/mol. The molecule has 1 aromatic carbocycles. The first-order valence-electron chi connectivity index (χ1n) is 11.3. The molecule has 1 N–H and O–H groups in total. The minimum absolute atomic E-state index is 0.0778. The van der Waals surface area contributed by atoms with E-state index in [4.69, 9.17) is 0 Å². The van der Waals surface area contributed by atoms with Crippen LogP contribution in [0.25, 0.3) is 11.0 Å². The van der Waals surface area contributed by atoms with Crippen molar-refractivity contribution in [1.29, 1.82) is 0 Å². The lowest BCUT2D eigenvalue weighted by Crippen LogP contribution is -2.37. The van der Waals surface area contributed by atoms with Gasteiger partial charge in [-0.1, -0.05) is 12.1 Å². The average molecular weight is 477 g/mol. The number of fused-ring (bicyclic) bond motifs is 1. The van der Waals surface area contributed by atoms with Gasteiger partial charge in [0.05, 0.1) is 16.9 Å². The smallest absolute Gasteiger partial charge is 0.150 e. The van der Waals surface area contributed by atoms with Crippen LogP contribution in [0.3, 0.4) is 0 Å². The lowest BCUT2D eigenvalue weighted by atomic mass is 9.86.